The first-order valence-corrected chi connectivity index (χ1v) is 10.6. The maximum atomic E-state index is 13.7. The first-order valence-electron chi connectivity index (χ1n) is 9.86. The maximum absolute atomic E-state index is 13.7. The van der Waals surface area contributed by atoms with Crippen LogP contribution in [0.25, 0.3) is 5.57 Å². The van der Waals surface area contributed by atoms with Crippen LogP contribution in [0, 0.1) is 26.6 Å². The number of hydrogen-bond donors (Lipinski definition) is 1. The van der Waals surface area contributed by atoms with Crippen molar-refractivity contribution in [2.75, 3.05) is 10.2 Å². The minimum absolute atomic E-state index is 0.129. The zero-order chi connectivity index (χ0) is 23.2. The lowest BCUT2D eigenvalue weighted by Gasteiger charge is -2.16. The molecule has 0 aliphatic carbocycles. The number of carbonyl (C=O) groups excluding carboxylic acids is 2. The Kier molecular flexibility index (Phi) is 5.80. The number of benzene rings is 3. The lowest BCUT2D eigenvalue weighted by atomic mass is 9.99. The summed E-state index contributed by atoms with van der Waals surface area (Å²) in [5.41, 5.74) is 4.67. The van der Waals surface area contributed by atoms with E-state index in [4.69, 9.17) is 23.2 Å². The van der Waals surface area contributed by atoms with Gasteiger partial charge in [-0.3, -0.25) is 9.59 Å². The second-order valence-corrected chi connectivity index (χ2v) is 8.52. The van der Waals surface area contributed by atoms with Crippen LogP contribution in [0.2, 0.25) is 10.0 Å². The third-order valence-corrected chi connectivity index (χ3v) is 6.01. The van der Waals surface area contributed by atoms with Gasteiger partial charge in [-0.2, -0.15) is 0 Å². The molecule has 1 aliphatic rings. The van der Waals surface area contributed by atoms with Crippen LogP contribution < -0.4 is 10.2 Å². The molecular formula is C25H19Cl2FN2O2. The number of imide groups is 1. The number of aryl methyl sites for hydroxylation is 3. The fourth-order valence-electron chi connectivity index (χ4n) is 3.57. The Morgan fingerprint density at radius 2 is 1.56 bits per heavy atom. The highest BCUT2D eigenvalue weighted by Gasteiger charge is 2.40. The molecule has 7 heteroatoms. The second-order valence-electron chi connectivity index (χ2n) is 7.68. The molecule has 4 nitrogen and oxygen atoms in total. The summed E-state index contributed by atoms with van der Waals surface area (Å²) in [7, 11) is 0. The third kappa shape index (κ3) is 3.90. The zero-order valence-corrected chi connectivity index (χ0v) is 19.1. The van der Waals surface area contributed by atoms with Gasteiger partial charge in [0.1, 0.15) is 11.5 Å². The van der Waals surface area contributed by atoms with E-state index in [-0.39, 0.29) is 22.0 Å². The Morgan fingerprint density at radius 3 is 2.22 bits per heavy atom. The van der Waals surface area contributed by atoms with E-state index in [1.807, 2.05) is 32.9 Å². The summed E-state index contributed by atoms with van der Waals surface area (Å²) in [6.07, 6.45) is 0. The van der Waals surface area contributed by atoms with Gasteiger partial charge in [0.15, 0.2) is 0 Å². The van der Waals surface area contributed by atoms with Crippen LogP contribution in [0.4, 0.5) is 15.8 Å². The van der Waals surface area contributed by atoms with Crippen molar-refractivity contribution in [1.82, 2.24) is 0 Å². The molecule has 0 bridgehead atoms. The molecule has 1 N–H and O–H groups in total. The number of carbonyl (C=O) groups is 2. The molecule has 0 spiro atoms. The molecule has 32 heavy (non-hydrogen) atoms. The van der Waals surface area contributed by atoms with Gasteiger partial charge in [0.05, 0.1) is 16.3 Å². The van der Waals surface area contributed by atoms with E-state index in [2.05, 4.69) is 5.32 Å². The van der Waals surface area contributed by atoms with Gasteiger partial charge >= 0.3 is 0 Å². The molecule has 0 aromatic heterocycles. The highest BCUT2D eigenvalue weighted by atomic mass is 35.5. The number of nitrogens with zero attached hydrogens (tertiary/aromatic N) is 1. The van der Waals surface area contributed by atoms with Gasteiger partial charge in [0.25, 0.3) is 11.8 Å². The molecule has 3 aromatic rings. The van der Waals surface area contributed by atoms with Crippen LogP contribution in [0.15, 0.2) is 60.3 Å². The average molecular weight is 469 g/mol. The van der Waals surface area contributed by atoms with E-state index >= 15 is 0 Å². The quantitative estimate of drug-likeness (QED) is 0.447. The first-order chi connectivity index (χ1) is 15.2. The van der Waals surface area contributed by atoms with Gasteiger partial charge in [-0.1, -0.05) is 41.4 Å². The minimum atomic E-state index is -0.632. The fraction of sp³-hybridized carbons (Fsp3) is 0.120. The van der Waals surface area contributed by atoms with Crippen molar-refractivity contribution in [2.24, 2.45) is 0 Å². The van der Waals surface area contributed by atoms with Crippen molar-refractivity contribution in [2.45, 2.75) is 20.8 Å². The number of amides is 2. The van der Waals surface area contributed by atoms with Crippen molar-refractivity contribution in [3.8, 4) is 0 Å². The Bertz CT molecular complexity index is 1320. The number of halogens is 3. The molecule has 2 amide bonds. The van der Waals surface area contributed by atoms with Gasteiger partial charge in [-0.15, -0.1) is 0 Å². The first kappa shape index (κ1) is 22.1. The van der Waals surface area contributed by atoms with Crippen LogP contribution in [-0.4, -0.2) is 11.8 Å². The summed E-state index contributed by atoms with van der Waals surface area (Å²) in [5, 5.41) is 3.51. The molecule has 162 valence electrons. The van der Waals surface area contributed by atoms with E-state index in [1.165, 1.54) is 12.1 Å². The van der Waals surface area contributed by atoms with Crippen molar-refractivity contribution in [3.05, 3.63) is 98.4 Å². The lowest BCUT2D eigenvalue weighted by Crippen LogP contribution is -2.32. The summed E-state index contributed by atoms with van der Waals surface area (Å²) in [4.78, 5) is 28.0. The smallest absolute Gasteiger partial charge is 0.282 e. The molecule has 1 aliphatic heterocycles. The van der Waals surface area contributed by atoms with Crippen molar-refractivity contribution in [1.29, 1.82) is 0 Å². The Hall–Kier alpha value is -3.15. The highest BCUT2D eigenvalue weighted by Crippen LogP contribution is 2.36. The SMILES string of the molecule is Cc1ccc(C2=C(Nc3ccc(Cl)cc3C)C(=O)N(c3ccc(F)c(Cl)c3)C2=O)cc1C. The zero-order valence-electron chi connectivity index (χ0n) is 17.6. The van der Waals surface area contributed by atoms with Gasteiger partial charge in [0, 0.05) is 10.7 Å². The van der Waals surface area contributed by atoms with E-state index in [0.29, 0.717) is 16.3 Å². The summed E-state index contributed by atoms with van der Waals surface area (Å²) in [5.74, 6) is -1.71. The highest BCUT2D eigenvalue weighted by molar-refractivity contribution is 6.46. The predicted molar refractivity (Wildman–Crippen MR) is 127 cm³/mol. The second kappa shape index (κ2) is 8.41. The van der Waals surface area contributed by atoms with Crippen LogP contribution in [0.3, 0.4) is 0 Å². The van der Waals surface area contributed by atoms with E-state index in [1.54, 1.807) is 24.3 Å². The molecular weight excluding hydrogens is 450 g/mol. The van der Waals surface area contributed by atoms with Crippen molar-refractivity contribution >= 4 is 52.0 Å². The van der Waals surface area contributed by atoms with Crippen LogP contribution in [-0.2, 0) is 9.59 Å². The Balaban J connectivity index is 1.87. The molecule has 0 unspecified atom stereocenters. The number of hydrogen-bond acceptors (Lipinski definition) is 3. The number of anilines is 2. The molecule has 4 rings (SSSR count). The third-order valence-electron chi connectivity index (χ3n) is 5.49. The van der Waals surface area contributed by atoms with Gasteiger partial charge in [0.2, 0.25) is 0 Å². The van der Waals surface area contributed by atoms with Crippen molar-refractivity contribution in [3.63, 3.8) is 0 Å². The fourth-order valence-corrected chi connectivity index (χ4v) is 3.97. The lowest BCUT2D eigenvalue weighted by molar-refractivity contribution is -0.120. The molecule has 0 saturated carbocycles. The van der Waals surface area contributed by atoms with Crippen molar-refractivity contribution < 1.29 is 14.0 Å². The van der Waals surface area contributed by atoms with Gasteiger partial charge in [-0.05, 0) is 79.4 Å². The van der Waals surface area contributed by atoms with Crippen LogP contribution in [0.5, 0.6) is 0 Å². The molecule has 0 saturated heterocycles. The summed E-state index contributed by atoms with van der Waals surface area (Å²) in [6, 6.07) is 14.5. The molecule has 0 fully saturated rings. The monoisotopic (exact) mass is 468 g/mol. The van der Waals surface area contributed by atoms with Gasteiger partial charge < -0.3 is 5.32 Å². The van der Waals surface area contributed by atoms with E-state index in [0.717, 1.165) is 27.7 Å². The minimum Gasteiger partial charge on any atom is -0.350 e. The topological polar surface area (TPSA) is 49.4 Å². The van der Waals surface area contributed by atoms with Crippen LogP contribution in [0.1, 0.15) is 22.3 Å². The molecule has 1 heterocycles. The van der Waals surface area contributed by atoms with Gasteiger partial charge in [-0.25, -0.2) is 9.29 Å². The maximum Gasteiger partial charge on any atom is 0.282 e. The average Bonchev–Trinajstić information content (AvgIpc) is 2.98. The summed E-state index contributed by atoms with van der Waals surface area (Å²) >= 11 is 12.0. The Morgan fingerprint density at radius 1 is 0.812 bits per heavy atom. The molecule has 0 radical (unpaired) electrons. The summed E-state index contributed by atoms with van der Waals surface area (Å²) in [6.45, 7) is 5.76. The largest absolute Gasteiger partial charge is 0.350 e. The predicted octanol–water partition coefficient (Wildman–Crippen LogP) is 6.45. The molecule has 0 atom stereocenters. The normalized spacial score (nSPS) is 13.9. The van der Waals surface area contributed by atoms with E-state index in [9.17, 15) is 14.0 Å². The van der Waals surface area contributed by atoms with E-state index < -0.39 is 17.6 Å². The summed E-state index contributed by atoms with van der Waals surface area (Å²) < 4.78 is 13.7. The molecule has 3 aromatic carbocycles. The number of rotatable bonds is 4. The standard InChI is InChI=1S/C25H19Cl2FN2O2/c1-13-4-5-16(10-14(13)2)22-23(29-21-9-6-17(26)11-15(21)3)25(32)30(24(22)31)18-7-8-20(28)19(27)12-18/h4-12,29H,1-3H3. The number of nitrogens with one attached hydrogen (secondary N) is 1. The van der Waals surface area contributed by atoms with Crippen LogP contribution >= 0.6 is 23.2 Å². The Labute approximate surface area is 195 Å².